The molecule has 0 aliphatic carbocycles. The number of nitrogens with one attached hydrogen (secondary N) is 3. The van der Waals surface area contributed by atoms with Crippen molar-refractivity contribution < 1.29 is 0 Å². The van der Waals surface area contributed by atoms with Gasteiger partial charge < -0.3 is 10.4 Å². The predicted molar refractivity (Wildman–Crippen MR) is 152 cm³/mol. The fraction of sp³-hybridized carbons (Fsp3) is 0.226. The number of rotatable bonds is 6. The van der Waals surface area contributed by atoms with E-state index in [9.17, 15) is 0 Å². The first-order valence-electron chi connectivity index (χ1n) is 13.4. The number of fused-ring (bicyclic) bond motifs is 3. The summed E-state index contributed by atoms with van der Waals surface area (Å²) in [6, 6.07) is 23.7. The highest BCUT2D eigenvalue weighted by atomic mass is 15.7. The quantitative estimate of drug-likeness (QED) is 0.282. The average Bonchev–Trinajstić information content (AvgIpc) is 3.58. The van der Waals surface area contributed by atoms with Crippen LogP contribution in [0.4, 0.5) is 0 Å². The van der Waals surface area contributed by atoms with Gasteiger partial charge in [-0.15, -0.1) is 5.53 Å². The summed E-state index contributed by atoms with van der Waals surface area (Å²) in [6.45, 7) is 4.23. The summed E-state index contributed by atoms with van der Waals surface area (Å²) in [6.07, 6.45) is 9.92. The second kappa shape index (κ2) is 9.93. The van der Waals surface area contributed by atoms with Gasteiger partial charge in [0.1, 0.15) is 5.65 Å². The van der Waals surface area contributed by atoms with Crippen LogP contribution in [-0.4, -0.2) is 38.0 Å². The topological polar surface area (TPSA) is 72.1 Å². The lowest BCUT2D eigenvalue weighted by Gasteiger charge is -2.26. The van der Waals surface area contributed by atoms with E-state index in [-0.39, 0.29) is 0 Å². The van der Waals surface area contributed by atoms with E-state index in [0.29, 0.717) is 0 Å². The maximum Gasteiger partial charge on any atom is 0.138 e. The Morgan fingerprint density at radius 3 is 2.39 bits per heavy atom. The molecule has 0 saturated carbocycles. The smallest absolute Gasteiger partial charge is 0.138 e. The molecule has 5 aromatic rings. The molecule has 0 spiro atoms. The number of hydrogen-bond donors (Lipinski definition) is 3. The normalized spacial score (nSPS) is 16.2. The van der Waals surface area contributed by atoms with Gasteiger partial charge in [-0.05, 0) is 54.8 Å². The summed E-state index contributed by atoms with van der Waals surface area (Å²) in [5.41, 5.74) is 15.1. The van der Waals surface area contributed by atoms with Gasteiger partial charge in [-0.1, -0.05) is 61.0 Å². The molecule has 2 aliphatic heterocycles. The Kier molecular flexibility index (Phi) is 6.00. The molecule has 3 N–H and O–H groups in total. The lowest BCUT2D eigenvalue weighted by molar-refractivity contribution is 0.221. The minimum Gasteiger partial charge on any atom is -0.338 e. The average molecular weight is 502 g/mol. The Bertz CT molecular complexity index is 1600. The predicted octanol–water partition coefficient (Wildman–Crippen LogP) is 5.59. The molecule has 0 radical (unpaired) electrons. The van der Waals surface area contributed by atoms with Crippen LogP contribution in [0.5, 0.6) is 0 Å². The van der Waals surface area contributed by atoms with Crippen molar-refractivity contribution in [3.63, 3.8) is 0 Å². The monoisotopic (exact) mass is 501 g/mol. The van der Waals surface area contributed by atoms with Gasteiger partial charge in [0.25, 0.3) is 0 Å². The highest BCUT2D eigenvalue weighted by molar-refractivity contribution is 6.07. The molecular weight excluding hydrogens is 470 g/mol. The van der Waals surface area contributed by atoms with Crippen LogP contribution >= 0.6 is 0 Å². The zero-order valence-corrected chi connectivity index (χ0v) is 21.3. The summed E-state index contributed by atoms with van der Waals surface area (Å²) in [5.74, 6) is 0. The summed E-state index contributed by atoms with van der Waals surface area (Å²) in [4.78, 5) is 15.4. The molecule has 3 aromatic heterocycles. The molecule has 2 aromatic carbocycles. The van der Waals surface area contributed by atoms with Crippen molar-refractivity contribution >= 4 is 27.6 Å². The van der Waals surface area contributed by atoms with Crippen LogP contribution in [0.15, 0.2) is 85.3 Å². The number of aromatic nitrogens is 3. The minimum absolute atomic E-state index is 0.761. The zero-order valence-electron chi connectivity index (χ0n) is 21.3. The third-order valence-electron chi connectivity index (χ3n) is 7.57. The molecule has 7 heteroatoms. The van der Waals surface area contributed by atoms with Gasteiger partial charge >= 0.3 is 0 Å². The molecule has 0 amide bonds. The maximum absolute atomic E-state index is 4.75. The number of hydrogen-bond acceptors (Lipinski definition) is 6. The number of H-pyrrole nitrogens is 1. The number of benzene rings is 2. The van der Waals surface area contributed by atoms with Crippen LogP contribution in [0.1, 0.15) is 36.1 Å². The first-order chi connectivity index (χ1) is 18.8. The van der Waals surface area contributed by atoms with Crippen LogP contribution in [0, 0.1) is 0 Å². The molecule has 190 valence electrons. The van der Waals surface area contributed by atoms with Crippen molar-refractivity contribution in [2.45, 2.75) is 32.4 Å². The van der Waals surface area contributed by atoms with E-state index in [2.05, 4.69) is 87.7 Å². The van der Waals surface area contributed by atoms with Gasteiger partial charge in [0.05, 0.1) is 29.6 Å². The fourth-order valence-corrected chi connectivity index (χ4v) is 5.51. The molecule has 7 nitrogen and oxygen atoms in total. The van der Waals surface area contributed by atoms with E-state index in [1.165, 1.54) is 49.0 Å². The lowest BCUT2D eigenvalue weighted by Crippen LogP contribution is -2.35. The Labute approximate surface area is 222 Å². The largest absolute Gasteiger partial charge is 0.338 e. The Morgan fingerprint density at radius 1 is 0.737 bits per heavy atom. The molecular formula is C31H31N7. The van der Waals surface area contributed by atoms with E-state index in [1.54, 1.807) is 0 Å². The minimum atomic E-state index is 0.761. The maximum atomic E-state index is 4.75. The molecule has 1 saturated heterocycles. The van der Waals surface area contributed by atoms with Crippen LogP contribution in [0.25, 0.3) is 38.8 Å². The SMILES string of the molecule is C1=C(c2cc3c(cn2)[nH]c2ncc(-c4ccc(CN5CCCCC5)cc4)cc23)NNN1Cc1ccccc1. The molecule has 38 heavy (non-hydrogen) atoms. The van der Waals surface area contributed by atoms with Gasteiger partial charge in [-0.3, -0.25) is 14.9 Å². The number of pyridine rings is 2. The molecule has 0 bridgehead atoms. The second-order valence-corrected chi connectivity index (χ2v) is 10.3. The molecule has 2 aliphatic rings. The number of piperidine rings is 1. The highest BCUT2D eigenvalue weighted by Crippen LogP contribution is 2.30. The molecule has 0 unspecified atom stereocenters. The Balaban J connectivity index is 1.15. The van der Waals surface area contributed by atoms with Crippen LogP contribution in [0.3, 0.4) is 0 Å². The molecule has 0 atom stereocenters. The standard InChI is InChI=1S/C31H31N7/c1-3-7-22(8-4-1)20-38-21-30(35-36-38)28-16-26-27-15-25(17-33-31(27)34-29(26)18-32-28)24-11-9-23(10-12-24)19-37-13-5-2-6-14-37/h1,3-4,7-12,15-18,21,35-36H,2,5-6,13-14,19-20H2,(H,33,34). The number of likely N-dealkylation sites (tertiary alicyclic amines) is 1. The van der Waals surface area contributed by atoms with Crippen molar-refractivity contribution in [3.8, 4) is 11.1 Å². The van der Waals surface area contributed by atoms with Crippen LogP contribution in [0.2, 0.25) is 0 Å². The summed E-state index contributed by atoms with van der Waals surface area (Å²) in [5, 5.41) is 4.25. The van der Waals surface area contributed by atoms with Crippen molar-refractivity contribution in [2.75, 3.05) is 13.1 Å². The first kappa shape index (κ1) is 23.0. The van der Waals surface area contributed by atoms with Crippen LogP contribution < -0.4 is 11.0 Å². The molecule has 5 heterocycles. The molecule has 1 fully saturated rings. The van der Waals surface area contributed by atoms with E-state index in [1.807, 2.05) is 23.5 Å². The summed E-state index contributed by atoms with van der Waals surface area (Å²) in [7, 11) is 0. The van der Waals surface area contributed by atoms with Gasteiger partial charge in [0.2, 0.25) is 0 Å². The second-order valence-electron chi connectivity index (χ2n) is 10.3. The first-order valence-corrected chi connectivity index (χ1v) is 13.4. The van der Waals surface area contributed by atoms with Crippen LogP contribution in [-0.2, 0) is 13.1 Å². The summed E-state index contributed by atoms with van der Waals surface area (Å²) < 4.78 is 0. The number of aromatic amines is 1. The highest BCUT2D eigenvalue weighted by Gasteiger charge is 2.16. The van der Waals surface area contributed by atoms with Gasteiger partial charge in [0, 0.05) is 35.3 Å². The van der Waals surface area contributed by atoms with Crippen molar-refractivity contribution in [1.29, 1.82) is 0 Å². The van der Waals surface area contributed by atoms with E-state index >= 15 is 0 Å². The molecule has 7 rings (SSSR count). The van der Waals surface area contributed by atoms with E-state index in [0.717, 1.165) is 52.0 Å². The Morgan fingerprint density at radius 2 is 1.55 bits per heavy atom. The lowest BCUT2D eigenvalue weighted by atomic mass is 10.0. The number of nitrogens with zero attached hydrogens (tertiary/aromatic N) is 4. The van der Waals surface area contributed by atoms with Gasteiger partial charge in [0.15, 0.2) is 0 Å². The number of hydrazine groups is 2. The van der Waals surface area contributed by atoms with Gasteiger partial charge in [-0.25, -0.2) is 4.98 Å². The van der Waals surface area contributed by atoms with Crippen molar-refractivity contribution in [2.24, 2.45) is 0 Å². The van der Waals surface area contributed by atoms with Crippen molar-refractivity contribution in [3.05, 3.63) is 102 Å². The van der Waals surface area contributed by atoms with E-state index < -0.39 is 0 Å². The Hall–Kier alpha value is -4.20. The van der Waals surface area contributed by atoms with E-state index in [4.69, 9.17) is 9.97 Å². The third kappa shape index (κ3) is 4.62. The fourth-order valence-electron chi connectivity index (χ4n) is 5.51. The summed E-state index contributed by atoms with van der Waals surface area (Å²) >= 11 is 0. The zero-order chi connectivity index (χ0) is 25.3. The van der Waals surface area contributed by atoms with Crippen molar-refractivity contribution in [1.82, 2.24) is 35.8 Å². The third-order valence-corrected chi connectivity index (χ3v) is 7.57. The van der Waals surface area contributed by atoms with Gasteiger partial charge in [-0.2, -0.15) is 0 Å².